The molecule has 5 atom stereocenters. The third-order valence-corrected chi connectivity index (χ3v) is 8.44. The Morgan fingerprint density at radius 3 is 2.86 bits per heavy atom. The Labute approximate surface area is 169 Å². The number of piperidine rings is 1. The van der Waals surface area contributed by atoms with Crippen molar-refractivity contribution in [2.24, 2.45) is 5.92 Å². The monoisotopic (exact) mass is 401 g/mol. The molecule has 2 bridgehead atoms. The van der Waals surface area contributed by atoms with E-state index in [0.717, 1.165) is 19.5 Å². The van der Waals surface area contributed by atoms with Crippen molar-refractivity contribution >= 4 is 5.69 Å². The molecule has 8 nitrogen and oxygen atoms in total. The second kappa shape index (κ2) is 5.62. The first-order valence-corrected chi connectivity index (χ1v) is 10.7. The van der Waals surface area contributed by atoms with Crippen LogP contribution in [0.2, 0.25) is 0 Å². The number of nitrogens with one attached hydrogen (secondary N) is 1. The number of likely N-dealkylation sites (N-methyl/N-ethyl adjacent to an activating group) is 1. The van der Waals surface area contributed by atoms with Gasteiger partial charge in [-0.25, -0.2) is 0 Å². The van der Waals surface area contributed by atoms with Gasteiger partial charge in [-0.2, -0.15) is 0 Å². The first kappa shape index (κ1) is 17.9. The summed E-state index contributed by atoms with van der Waals surface area (Å²) in [4.78, 5) is 13.8. The number of nitro groups is 1. The van der Waals surface area contributed by atoms with Crippen LogP contribution < -0.4 is 10.1 Å². The van der Waals surface area contributed by atoms with Crippen LogP contribution in [0.1, 0.15) is 43.2 Å². The summed E-state index contributed by atoms with van der Waals surface area (Å²) in [6.45, 7) is 1.81. The molecule has 3 fully saturated rings. The van der Waals surface area contributed by atoms with Crippen LogP contribution in [0.3, 0.4) is 0 Å². The molecule has 6 rings (SSSR count). The number of aliphatic hydroxyl groups is 1. The molecule has 29 heavy (non-hydrogen) atoms. The minimum absolute atomic E-state index is 0.0303. The van der Waals surface area contributed by atoms with Gasteiger partial charge in [-0.3, -0.25) is 15.0 Å². The van der Waals surface area contributed by atoms with Crippen LogP contribution in [0, 0.1) is 16.0 Å². The van der Waals surface area contributed by atoms with Crippen LogP contribution in [-0.4, -0.2) is 64.0 Å². The Balaban J connectivity index is 1.60. The molecule has 1 saturated heterocycles. The fourth-order valence-corrected chi connectivity index (χ4v) is 7.01. The summed E-state index contributed by atoms with van der Waals surface area (Å²) in [6.07, 6.45) is 4.66. The van der Waals surface area contributed by atoms with E-state index < -0.39 is 15.9 Å². The summed E-state index contributed by atoms with van der Waals surface area (Å²) >= 11 is 0. The number of likely N-dealkylation sites (tertiary alicyclic amines) is 1. The van der Waals surface area contributed by atoms with Gasteiger partial charge in [0.15, 0.2) is 11.5 Å². The lowest BCUT2D eigenvalue weighted by molar-refractivity contribution is -0.386. The predicted molar refractivity (Wildman–Crippen MR) is 104 cm³/mol. The van der Waals surface area contributed by atoms with Gasteiger partial charge >= 0.3 is 0 Å². The van der Waals surface area contributed by atoms with Crippen molar-refractivity contribution in [3.63, 3.8) is 0 Å². The zero-order valence-corrected chi connectivity index (χ0v) is 16.6. The largest absolute Gasteiger partial charge is 0.504 e. The molecule has 0 amide bonds. The fourth-order valence-electron chi connectivity index (χ4n) is 7.01. The number of phenols is 1. The maximum absolute atomic E-state index is 12.2. The van der Waals surface area contributed by atoms with Crippen LogP contribution in [0.5, 0.6) is 11.5 Å². The first-order chi connectivity index (χ1) is 13.9. The SMILES string of the molecule is CN[C@H]1CC[C@@]2(O)[C@H]3Cc4c([N+](=O)[O-])cc(O)c5c4[C@@]2(CCN3CC2CC2)[C@H]1O5. The third kappa shape index (κ3) is 2.04. The van der Waals surface area contributed by atoms with Crippen molar-refractivity contribution in [2.75, 3.05) is 20.1 Å². The number of hydrogen-bond donors (Lipinski definition) is 3. The molecule has 0 unspecified atom stereocenters. The Hall–Kier alpha value is -1.90. The van der Waals surface area contributed by atoms with Crippen LogP contribution in [0.4, 0.5) is 5.69 Å². The summed E-state index contributed by atoms with van der Waals surface area (Å²) in [5, 5.41) is 38.1. The van der Waals surface area contributed by atoms with E-state index in [1.807, 2.05) is 7.05 Å². The number of ether oxygens (including phenoxy) is 1. The zero-order valence-electron chi connectivity index (χ0n) is 16.6. The number of aromatic hydroxyl groups is 1. The maximum Gasteiger partial charge on any atom is 0.276 e. The van der Waals surface area contributed by atoms with Gasteiger partial charge in [-0.1, -0.05) is 0 Å². The van der Waals surface area contributed by atoms with Crippen molar-refractivity contribution in [1.82, 2.24) is 10.2 Å². The van der Waals surface area contributed by atoms with Gasteiger partial charge in [0.1, 0.15) is 6.10 Å². The maximum atomic E-state index is 12.2. The van der Waals surface area contributed by atoms with Crippen molar-refractivity contribution < 1.29 is 19.9 Å². The molecule has 1 spiro atoms. The molecule has 1 aromatic carbocycles. The molecule has 0 aromatic heterocycles. The molecule has 5 aliphatic rings. The minimum atomic E-state index is -1.00. The predicted octanol–water partition coefficient (Wildman–Crippen LogP) is 1.45. The first-order valence-electron chi connectivity index (χ1n) is 10.7. The van der Waals surface area contributed by atoms with Gasteiger partial charge in [0.25, 0.3) is 5.69 Å². The second-order valence-corrected chi connectivity index (χ2v) is 9.63. The molecule has 2 saturated carbocycles. The number of benzene rings is 1. The van der Waals surface area contributed by atoms with Gasteiger partial charge < -0.3 is 20.3 Å². The number of nitro benzene ring substituents is 1. The van der Waals surface area contributed by atoms with Crippen molar-refractivity contribution in [1.29, 1.82) is 0 Å². The summed E-state index contributed by atoms with van der Waals surface area (Å²) in [7, 11) is 1.89. The van der Waals surface area contributed by atoms with E-state index in [-0.39, 0.29) is 29.6 Å². The second-order valence-electron chi connectivity index (χ2n) is 9.63. The van der Waals surface area contributed by atoms with Crippen LogP contribution >= 0.6 is 0 Å². The highest BCUT2D eigenvalue weighted by Gasteiger charge is 2.73. The van der Waals surface area contributed by atoms with Gasteiger partial charge in [0.05, 0.1) is 22.0 Å². The molecule has 1 aromatic rings. The Bertz CT molecular complexity index is 918. The highest BCUT2D eigenvalue weighted by molar-refractivity contribution is 5.68. The lowest BCUT2D eigenvalue weighted by Crippen LogP contribution is -2.78. The molecule has 2 aliphatic heterocycles. The highest BCUT2D eigenvalue weighted by Crippen LogP contribution is 2.66. The van der Waals surface area contributed by atoms with E-state index in [4.69, 9.17) is 4.74 Å². The zero-order chi connectivity index (χ0) is 20.1. The minimum Gasteiger partial charge on any atom is -0.504 e. The average molecular weight is 401 g/mol. The normalized spacial score (nSPS) is 39.7. The van der Waals surface area contributed by atoms with E-state index in [1.165, 1.54) is 18.9 Å². The van der Waals surface area contributed by atoms with Crippen LogP contribution in [0.15, 0.2) is 6.07 Å². The number of hydrogen-bond acceptors (Lipinski definition) is 7. The summed E-state index contributed by atoms with van der Waals surface area (Å²) < 4.78 is 6.33. The van der Waals surface area contributed by atoms with E-state index in [0.29, 0.717) is 42.1 Å². The van der Waals surface area contributed by atoms with Gasteiger partial charge in [0.2, 0.25) is 0 Å². The van der Waals surface area contributed by atoms with E-state index in [1.54, 1.807) is 0 Å². The summed E-state index contributed by atoms with van der Waals surface area (Å²) in [6, 6.07) is 1.12. The van der Waals surface area contributed by atoms with E-state index in [9.17, 15) is 20.3 Å². The smallest absolute Gasteiger partial charge is 0.276 e. The molecule has 2 heterocycles. The number of rotatable bonds is 4. The molecule has 8 heteroatoms. The van der Waals surface area contributed by atoms with Crippen molar-refractivity contribution in [3.8, 4) is 11.5 Å². The fraction of sp³-hybridized carbons (Fsp3) is 0.714. The standard InChI is InChI=1S/C21H27N3O5/c1-22-13-4-5-21(26)16-8-12-14(24(27)28)9-15(25)18-17(12)20(21,19(13)29-18)6-7-23(16)10-11-2-3-11/h9,11,13,16,19,22,25-26H,2-8,10H2,1H3/t13-,16+,19-,20-,21+/m0/s1. The lowest BCUT2D eigenvalue weighted by atomic mass is 9.48. The molecular formula is C21H27N3O5. The highest BCUT2D eigenvalue weighted by atomic mass is 16.6. The third-order valence-electron chi connectivity index (χ3n) is 8.44. The quantitative estimate of drug-likeness (QED) is 0.518. The molecule has 0 radical (unpaired) electrons. The van der Waals surface area contributed by atoms with Gasteiger partial charge in [-0.15, -0.1) is 0 Å². The molecule has 3 aliphatic carbocycles. The Kier molecular flexibility index (Phi) is 3.47. The van der Waals surface area contributed by atoms with E-state index >= 15 is 0 Å². The number of nitrogens with zero attached hydrogens (tertiary/aromatic N) is 2. The Morgan fingerprint density at radius 2 is 2.17 bits per heavy atom. The molecular weight excluding hydrogens is 374 g/mol. The van der Waals surface area contributed by atoms with Crippen molar-refractivity contribution in [2.45, 2.75) is 67.7 Å². The van der Waals surface area contributed by atoms with Crippen LogP contribution in [0.25, 0.3) is 0 Å². The molecule has 156 valence electrons. The van der Waals surface area contributed by atoms with Gasteiger partial charge in [-0.05, 0) is 58.0 Å². The summed E-state index contributed by atoms with van der Waals surface area (Å²) in [5.41, 5.74) is -0.401. The Morgan fingerprint density at radius 1 is 1.38 bits per heavy atom. The van der Waals surface area contributed by atoms with Gasteiger partial charge in [0, 0.05) is 29.8 Å². The lowest BCUT2D eigenvalue weighted by Gasteiger charge is -2.64. The molecule has 3 N–H and O–H groups in total. The van der Waals surface area contributed by atoms with E-state index in [2.05, 4.69) is 10.2 Å². The average Bonchev–Trinajstić information content (AvgIpc) is 3.42. The number of phenolic OH excluding ortho intramolecular Hbond substituents is 1. The topological polar surface area (TPSA) is 108 Å². The van der Waals surface area contributed by atoms with Crippen LogP contribution in [-0.2, 0) is 11.8 Å². The summed E-state index contributed by atoms with van der Waals surface area (Å²) in [5.74, 6) is 0.851. The van der Waals surface area contributed by atoms with Crippen molar-refractivity contribution in [3.05, 3.63) is 27.3 Å².